The smallest absolute Gasteiger partial charge is 0.147 e. The van der Waals surface area contributed by atoms with Crippen molar-refractivity contribution >= 4 is 5.82 Å². The summed E-state index contributed by atoms with van der Waals surface area (Å²) in [6.45, 7) is 1.97. The molecule has 0 atom stereocenters. The average Bonchev–Trinajstić information content (AvgIpc) is 2.14. The maximum absolute atomic E-state index is 3.90. The van der Waals surface area contributed by atoms with Crippen LogP contribution in [-0.2, 0) is 0 Å². The molecule has 0 radical (unpaired) electrons. The molecule has 0 aliphatic rings. The van der Waals surface area contributed by atoms with Crippen LogP contribution < -0.4 is 5.32 Å². The van der Waals surface area contributed by atoms with Gasteiger partial charge in [-0.15, -0.1) is 0 Å². The van der Waals surface area contributed by atoms with Crippen LogP contribution in [0.15, 0.2) is 6.07 Å². The number of aromatic amines is 1. The van der Waals surface area contributed by atoms with Crippen molar-refractivity contribution in [3.05, 3.63) is 11.8 Å². The number of hydrogen-bond donors (Lipinski definition) is 2. The summed E-state index contributed by atoms with van der Waals surface area (Å²) in [5, 5.41) is 9.61. The maximum Gasteiger partial charge on any atom is 0.147 e. The largest absolute Gasteiger partial charge is 0.372 e. The van der Waals surface area contributed by atoms with E-state index in [1.54, 1.807) is 0 Å². The highest BCUT2D eigenvalue weighted by molar-refractivity contribution is 5.33. The van der Waals surface area contributed by atoms with E-state index < -0.39 is 0 Å². The van der Waals surface area contributed by atoms with E-state index in [9.17, 15) is 0 Å². The Balaban J connectivity index is 2.84. The molecule has 1 rings (SSSR count). The Morgan fingerprint density at radius 2 is 2.50 bits per heavy atom. The third-order valence-electron chi connectivity index (χ3n) is 0.962. The summed E-state index contributed by atoms with van der Waals surface area (Å²) in [6.07, 6.45) is 0. The average molecular weight is 111 g/mol. The molecule has 0 aromatic carbocycles. The molecule has 0 spiro atoms. The van der Waals surface area contributed by atoms with Gasteiger partial charge in [0.2, 0.25) is 0 Å². The van der Waals surface area contributed by atoms with E-state index >= 15 is 0 Å². The number of nitrogens with one attached hydrogen (secondary N) is 2. The van der Waals surface area contributed by atoms with E-state index in [0.717, 1.165) is 11.5 Å². The van der Waals surface area contributed by atoms with Gasteiger partial charge in [0.05, 0.1) is 0 Å². The van der Waals surface area contributed by atoms with Crippen LogP contribution in [-0.4, -0.2) is 17.2 Å². The van der Waals surface area contributed by atoms with Crippen molar-refractivity contribution in [2.24, 2.45) is 0 Å². The second-order valence-electron chi connectivity index (χ2n) is 1.69. The molecule has 0 amide bonds. The van der Waals surface area contributed by atoms with Crippen LogP contribution in [0, 0.1) is 6.92 Å². The Hall–Kier alpha value is -0.990. The van der Waals surface area contributed by atoms with E-state index in [2.05, 4.69) is 15.5 Å². The molecule has 0 saturated carbocycles. The Kier molecular flexibility index (Phi) is 1.20. The lowest BCUT2D eigenvalue weighted by molar-refractivity contribution is 1.05. The summed E-state index contributed by atoms with van der Waals surface area (Å²) < 4.78 is 0. The monoisotopic (exact) mass is 111 g/mol. The summed E-state index contributed by atoms with van der Waals surface area (Å²) in [5.74, 6) is 0.891. The number of hydrogen-bond acceptors (Lipinski definition) is 2. The van der Waals surface area contributed by atoms with Crippen LogP contribution >= 0.6 is 0 Å². The zero-order valence-corrected chi connectivity index (χ0v) is 5.02. The van der Waals surface area contributed by atoms with Gasteiger partial charge in [0.1, 0.15) is 5.82 Å². The van der Waals surface area contributed by atoms with Gasteiger partial charge in [0.25, 0.3) is 0 Å². The van der Waals surface area contributed by atoms with E-state index in [1.807, 2.05) is 20.0 Å². The van der Waals surface area contributed by atoms with Crippen molar-refractivity contribution in [1.82, 2.24) is 10.2 Å². The molecule has 8 heavy (non-hydrogen) atoms. The first-order valence-electron chi connectivity index (χ1n) is 2.52. The molecule has 0 fully saturated rings. The zero-order chi connectivity index (χ0) is 5.98. The van der Waals surface area contributed by atoms with Crippen LogP contribution in [0.25, 0.3) is 0 Å². The van der Waals surface area contributed by atoms with Crippen LogP contribution in [0.5, 0.6) is 0 Å². The van der Waals surface area contributed by atoms with Crippen molar-refractivity contribution in [2.45, 2.75) is 6.92 Å². The summed E-state index contributed by atoms with van der Waals surface area (Å²) >= 11 is 0. The lowest BCUT2D eigenvalue weighted by Crippen LogP contribution is -1.85. The number of rotatable bonds is 1. The summed E-state index contributed by atoms with van der Waals surface area (Å²) in [5.41, 5.74) is 1.08. The molecule has 1 heterocycles. The molecule has 44 valence electrons. The van der Waals surface area contributed by atoms with Gasteiger partial charge >= 0.3 is 0 Å². The minimum Gasteiger partial charge on any atom is -0.372 e. The van der Waals surface area contributed by atoms with Crippen molar-refractivity contribution in [3.63, 3.8) is 0 Å². The predicted octanol–water partition coefficient (Wildman–Crippen LogP) is 0.760. The van der Waals surface area contributed by atoms with E-state index in [-0.39, 0.29) is 0 Å². The molecular formula is C5H9N3. The van der Waals surface area contributed by atoms with Crippen LogP contribution in [0.1, 0.15) is 5.69 Å². The van der Waals surface area contributed by atoms with Gasteiger partial charge in [-0.3, -0.25) is 5.10 Å². The van der Waals surface area contributed by atoms with Crippen molar-refractivity contribution in [3.8, 4) is 0 Å². The van der Waals surface area contributed by atoms with Gasteiger partial charge in [-0.25, -0.2) is 0 Å². The topological polar surface area (TPSA) is 40.7 Å². The van der Waals surface area contributed by atoms with Crippen molar-refractivity contribution < 1.29 is 0 Å². The molecule has 0 unspecified atom stereocenters. The fourth-order valence-electron chi connectivity index (χ4n) is 0.546. The van der Waals surface area contributed by atoms with Crippen molar-refractivity contribution in [1.29, 1.82) is 0 Å². The van der Waals surface area contributed by atoms with Gasteiger partial charge in [0.15, 0.2) is 0 Å². The van der Waals surface area contributed by atoms with Gasteiger partial charge in [-0.1, -0.05) is 0 Å². The molecular weight excluding hydrogens is 102 g/mol. The molecule has 0 aliphatic heterocycles. The van der Waals surface area contributed by atoms with Crippen molar-refractivity contribution in [2.75, 3.05) is 12.4 Å². The summed E-state index contributed by atoms with van der Waals surface area (Å²) in [6, 6.07) is 1.94. The zero-order valence-electron chi connectivity index (χ0n) is 5.02. The van der Waals surface area contributed by atoms with Gasteiger partial charge in [-0.05, 0) is 6.92 Å². The standard InChI is InChI=1S/C5H9N3/c1-4-3-5(6-2)8-7-4/h3H,1-2H3,(H2,6,7,8). The molecule has 3 heteroatoms. The lowest BCUT2D eigenvalue weighted by Gasteiger charge is -1.84. The highest BCUT2D eigenvalue weighted by atomic mass is 15.2. The molecule has 1 aromatic heterocycles. The maximum atomic E-state index is 3.90. The second-order valence-corrected chi connectivity index (χ2v) is 1.69. The first-order valence-corrected chi connectivity index (χ1v) is 2.52. The molecule has 3 nitrogen and oxygen atoms in total. The van der Waals surface area contributed by atoms with E-state index in [0.29, 0.717) is 0 Å². The normalized spacial score (nSPS) is 9.25. The summed E-state index contributed by atoms with van der Waals surface area (Å²) in [7, 11) is 1.84. The molecule has 1 aromatic rings. The SMILES string of the molecule is CNc1cc(C)[nH]n1. The highest BCUT2D eigenvalue weighted by Crippen LogP contribution is 2.00. The first-order chi connectivity index (χ1) is 3.83. The van der Waals surface area contributed by atoms with Crippen LogP contribution in [0.2, 0.25) is 0 Å². The van der Waals surface area contributed by atoms with Crippen LogP contribution in [0.4, 0.5) is 5.82 Å². The Morgan fingerprint density at radius 1 is 1.75 bits per heavy atom. The fourth-order valence-corrected chi connectivity index (χ4v) is 0.546. The Bertz CT molecular complexity index is 168. The Labute approximate surface area is 48.1 Å². The van der Waals surface area contributed by atoms with Gasteiger partial charge in [0, 0.05) is 18.8 Å². The first kappa shape index (κ1) is 5.15. The van der Waals surface area contributed by atoms with Gasteiger partial charge < -0.3 is 5.32 Å². The lowest BCUT2D eigenvalue weighted by atomic mass is 10.5. The second kappa shape index (κ2) is 1.86. The number of aryl methyl sites for hydroxylation is 1. The molecule has 0 bridgehead atoms. The van der Waals surface area contributed by atoms with Gasteiger partial charge in [-0.2, -0.15) is 5.10 Å². The quantitative estimate of drug-likeness (QED) is 0.561. The number of anilines is 1. The van der Waals surface area contributed by atoms with E-state index in [1.165, 1.54) is 0 Å². The summed E-state index contributed by atoms with van der Waals surface area (Å²) in [4.78, 5) is 0. The third-order valence-corrected chi connectivity index (χ3v) is 0.962. The number of aromatic nitrogens is 2. The minimum atomic E-state index is 0.891. The number of nitrogens with zero attached hydrogens (tertiary/aromatic N) is 1. The Morgan fingerprint density at radius 3 is 2.75 bits per heavy atom. The number of H-pyrrole nitrogens is 1. The predicted molar refractivity (Wildman–Crippen MR) is 32.9 cm³/mol. The third kappa shape index (κ3) is 0.804. The highest BCUT2D eigenvalue weighted by Gasteiger charge is 1.89. The molecule has 0 saturated heterocycles. The van der Waals surface area contributed by atoms with Crippen LogP contribution in [0.3, 0.4) is 0 Å². The molecule has 0 aliphatic carbocycles. The molecule has 2 N–H and O–H groups in total. The van der Waals surface area contributed by atoms with E-state index in [4.69, 9.17) is 0 Å². The fraction of sp³-hybridized carbons (Fsp3) is 0.400. The minimum absolute atomic E-state index is 0.891.